The van der Waals surface area contributed by atoms with E-state index < -0.39 is 36.6 Å². The Kier molecular flexibility index (Phi) is 4.75. The SMILES string of the molecule is CN(CC(=O)NCC(F)(F)F)C(=O)C1(N)CCOC1. The summed E-state index contributed by atoms with van der Waals surface area (Å²) in [6, 6.07) is 0. The summed E-state index contributed by atoms with van der Waals surface area (Å²) in [7, 11) is 1.31. The van der Waals surface area contributed by atoms with Crippen LogP contribution in [0.1, 0.15) is 6.42 Å². The lowest BCUT2D eigenvalue weighted by atomic mass is 9.98. The third kappa shape index (κ3) is 4.67. The Hall–Kier alpha value is -1.35. The Morgan fingerprint density at radius 2 is 2.11 bits per heavy atom. The second-order valence-corrected chi connectivity index (χ2v) is 4.51. The van der Waals surface area contributed by atoms with Crippen LogP contribution >= 0.6 is 0 Å². The van der Waals surface area contributed by atoms with Crippen molar-refractivity contribution in [1.29, 1.82) is 0 Å². The van der Waals surface area contributed by atoms with Gasteiger partial charge >= 0.3 is 6.18 Å². The molecule has 1 saturated heterocycles. The zero-order valence-corrected chi connectivity index (χ0v) is 10.4. The van der Waals surface area contributed by atoms with Gasteiger partial charge in [-0.15, -0.1) is 0 Å². The highest BCUT2D eigenvalue weighted by atomic mass is 19.4. The quantitative estimate of drug-likeness (QED) is 0.710. The number of nitrogens with one attached hydrogen (secondary N) is 1. The van der Waals surface area contributed by atoms with Gasteiger partial charge < -0.3 is 20.7 Å². The molecule has 0 aliphatic carbocycles. The van der Waals surface area contributed by atoms with E-state index in [0.717, 1.165) is 4.90 Å². The number of carbonyl (C=O) groups is 2. The molecule has 0 aromatic carbocycles. The van der Waals surface area contributed by atoms with Crippen LogP contribution in [0.3, 0.4) is 0 Å². The molecule has 110 valence electrons. The lowest BCUT2D eigenvalue weighted by Gasteiger charge is -2.27. The average Bonchev–Trinajstić information content (AvgIpc) is 2.73. The Labute approximate surface area is 108 Å². The first kappa shape index (κ1) is 15.7. The van der Waals surface area contributed by atoms with Gasteiger partial charge in [0.2, 0.25) is 11.8 Å². The van der Waals surface area contributed by atoms with Crippen LogP contribution in [-0.2, 0) is 14.3 Å². The van der Waals surface area contributed by atoms with Crippen molar-refractivity contribution in [2.45, 2.75) is 18.1 Å². The van der Waals surface area contributed by atoms with Crippen molar-refractivity contribution in [3.8, 4) is 0 Å². The van der Waals surface area contributed by atoms with Gasteiger partial charge in [-0.3, -0.25) is 9.59 Å². The minimum atomic E-state index is -4.48. The van der Waals surface area contributed by atoms with Gasteiger partial charge in [0.1, 0.15) is 12.1 Å². The van der Waals surface area contributed by atoms with Crippen LogP contribution in [-0.4, -0.2) is 61.8 Å². The first-order valence-electron chi connectivity index (χ1n) is 5.60. The Morgan fingerprint density at radius 1 is 1.47 bits per heavy atom. The predicted octanol–water partition coefficient (Wildman–Crippen LogP) is -0.759. The van der Waals surface area contributed by atoms with Crippen LogP contribution in [0.25, 0.3) is 0 Å². The summed E-state index contributed by atoms with van der Waals surface area (Å²) in [5.41, 5.74) is 4.60. The number of hydrogen-bond donors (Lipinski definition) is 2. The lowest BCUT2D eigenvalue weighted by molar-refractivity contribution is -0.143. The first-order valence-corrected chi connectivity index (χ1v) is 5.60. The second kappa shape index (κ2) is 5.74. The number of amides is 2. The molecule has 1 heterocycles. The van der Waals surface area contributed by atoms with Crippen molar-refractivity contribution in [2.75, 3.05) is 33.4 Å². The van der Waals surface area contributed by atoms with Crippen molar-refractivity contribution in [1.82, 2.24) is 10.2 Å². The summed E-state index contributed by atoms with van der Waals surface area (Å²) in [4.78, 5) is 24.2. The number of hydrogen-bond acceptors (Lipinski definition) is 4. The summed E-state index contributed by atoms with van der Waals surface area (Å²) in [5, 5.41) is 1.68. The summed E-state index contributed by atoms with van der Waals surface area (Å²) < 4.78 is 40.7. The summed E-state index contributed by atoms with van der Waals surface area (Å²) >= 11 is 0. The van der Waals surface area contributed by atoms with Crippen LogP contribution in [0.15, 0.2) is 0 Å². The van der Waals surface area contributed by atoms with Gasteiger partial charge in [-0.2, -0.15) is 13.2 Å². The van der Waals surface area contributed by atoms with Crippen molar-refractivity contribution in [3.05, 3.63) is 0 Å². The zero-order valence-electron chi connectivity index (χ0n) is 10.4. The highest BCUT2D eigenvalue weighted by molar-refractivity contribution is 5.90. The molecule has 6 nitrogen and oxygen atoms in total. The zero-order chi connectivity index (χ0) is 14.7. The maximum absolute atomic E-state index is 11.9. The van der Waals surface area contributed by atoms with Crippen molar-refractivity contribution in [2.24, 2.45) is 5.73 Å². The molecule has 1 unspecified atom stereocenters. The van der Waals surface area contributed by atoms with Gasteiger partial charge in [-0.25, -0.2) is 0 Å². The van der Waals surface area contributed by atoms with Gasteiger partial charge in [0.25, 0.3) is 0 Å². The molecule has 1 rings (SSSR count). The second-order valence-electron chi connectivity index (χ2n) is 4.51. The van der Waals surface area contributed by atoms with Gasteiger partial charge in [0.05, 0.1) is 13.2 Å². The molecule has 1 fully saturated rings. The fourth-order valence-corrected chi connectivity index (χ4v) is 1.67. The normalized spacial score (nSPS) is 23.2. The molecule has 1 aliphatic rings. The van der Waals surface area contributed by atoms with Crippen LogP contribution < -0.4 is 11.1 Å². The largest absolute Gasteiger partial charge is 0.405 e. The molecule has 0 radical (unpaired) electrons. The standard InChI is InChI=1S/C10H16F3N3O3/c1-16(4-7(17)15-5-10(11,12)13)8(18)9(14)2-3-19-6-9/h2-6,14H2,1H3,(H,15,17). The topological polar surface area (TPSA) is 84.7 Å². The molecule has 1 atom stereocenters. The maximum Gasteiger partial charge on any atom is 0.405 e. The van der Waals surface area contributed by atoms with Gasteiger partial charge in [-0.1, -0.05) is 0 Å². The maximum atomic E-state index is 11.9. The molecule has 19 heavy (non-hydrogen) atoms. The van der Waals surface area contributed by atoms with Crippen molar-refractivity contribution in [3.63, 3.8) is 0 Å². The van der Waals surface area contributed by atoms with E-state index in [-0.39, 0.29) is 6.61 Å². The Morgan fingerprint density at radius 3 is 2.58 bits per heavy atom. The first-order chi connectivity index (χ1) is 8.64. The van der Waals surface area contributed by atoms with E-state index in [1.165, 1.54) is 7.05 Å². The summed E-state index contributed by atoms with van der Waals surface area (Å²) in [6.07, 6.45) is -4.16. The fourth-order valence-electron chi connectivity index (χ4n) is 1.67. The van der Waals surface area contributed by atoms with Crippen LogP contribution in [0.5, 0.6) is 0 Å². The number of nitrogens with zero attached hydrogens (tertiary/aromatic N) is 1. The molecule has 0 spiro atoms. The number of carbonyl (C=O) groups excluding carboxylic acids is 2. The molecular weight excluding hydrogens is 267 g/mol. The monoisotopic (exact) mass is 283 g/mol. The van der Waals surface area contributed by atoms with Crippen molar-refractivity contribution < 1.29 is 27.5 Å². The van der Waals surface area contributed by atoms with Crippen LogP contribution in [0.4, 0.5) is 13.2 Å². The number of halogens is 3. The Bertz CT molecular complexity index is 354. The molecule has 0 bridgehead atoms. The number of likely N-dealkylation sites (N-methyl/N-ethyl adjacent to an activating group) is 1. The molecule has 3 N–H and O–H groups in total. The van der Waals surface area contributed by atoms with E-state index in [1.54, 1.807) is 5.32 Å². The molecule has 1 aliphatic heterocycles. The summed E-state index contributed by atoms with van der Waals surface area (Å²) in [5.74, 6) is -1.41. The van der Waals surface area contributed by atoms with E-state index >= 15 is 0 Å². The van der Waals surface area contributed by atoms with E-state index in [9.17, 15) is 22.8 Å². The number of rotatable bonds is 4. The fraction of sp³-hybridized carbons (Fsp3) is 0.800. The number of nitrogens with two attached hydrogens (primary N) is 1. The van der Waals surface area contributed by atoms with Crippen LogP contribution in [0.2, 0.25) is 0 Å². The predicted molar refractivity (Wildman–Crippen MR) is 59.1 cm³/mol. The molecule has 0 aromatic heterocycles. The smallest absolute Gasteiger partial charge is 0.379 e. The van der Waals surface area contributed by atoms with Gasteiger partial charge in [-0.05, 0) is 6.42 Å². The molecular formula is C10H16F3N3O3. The third-order valence-electron chi connectivity index (χ3n) is 2.69. The third-order valence-corrected chi connectivity index (χ3v) is 2.69. The van der Waals surface area contributed by atoms with Gasteiger partial charge in [0.15, 0.2) is 0 Å². The van der Waals surface area contributed by atoms with E-state index in [1.807, 2.05) is 0 Å². The van der Waals surface area contributed by atoms with E-state index in [4.69, 9.17) is 10.5 Å². The highest BCUT2D eigenvalue weighted by Gasteiger charge is 2.40. The molecule has 9 heteroatoms. The number of ether oxygens (including phenoxy) is 1. The average molecular weight is 283 g/mol. The molecule has 0 aromatic rings. The summed E-state index contributed by atoms with van der Waals surface area (Å²) in [6.45, 7) is -1.52. The van der Waals surface area contributed by atoms with E-state index in [0.29, 0.717) is 13.0 Å². The van der Waals surface area contributed by atoms with Crippen molar-refractivity contribution >= 4 is 11.8 Å². The molecule has 2 amide bonds. The van der Waals surface area contributed by atoms with Gasteiger partial charge in [0, 0.05) is 13.7 Å². The minimum Gasteiger partial charge on any atom is -0.379 e. The lowest BCUT2D eigenvalue weighted by Crippen LogP contribution is -2.56. The van der Waals surface area contributed by atoms with Crippen LogP contribution in [0, 0.1) is 0 Å². The number of alkyl halides is 3. The highest BCUT2D eigenvalue weighted by Crippen LogP contribution is 2.17. The molecule has 0 saturated carbocycles. The minimum absolute atomic E-state index is 0.0420. The Balaban J connectivity index is 2.44. The van der Waals surface area contributed by atoms with E-state index in [2.05, 4.69) is 0 Å².